The number of ether oxygens (including phenoxy) is 1. The molecule has 0 bridgehead atoms. The highest BCUT2D eigenvalue weighted by molar-refractivity contribution is 5.87. The summed E-state index contributed by atoms with van der Waals surface area (Å²) in [6.07, 6.45) is 9.13. The first-order valence-electron chi connectivity index (χ1n) is 11.3. The van der Waals surface area contributed by atoms with E-state index in [1.54, 1.807) is 6.92 Å². The molecule has 0 aliphatic heterocycles. The summed E-state index contributed by atoms with van der Waals surface area (Å²) in [7, 11) is 0. The summed E-state index contributed by atoms with van der Waals surface area (Å²) in [4.78, 5) is 29.2. The van der Waals surface area contributed by atoms with E-state index in [1.165, 1.54) is 12.5 Å². The highest BCUT2D eigenvalue weighted by Gasteiger charge is 2.69. The zero-order valence-corrected chi connectivity index (χ0v) is 18.5. The Morgan fingerprint density at radius 1 is 1.14 bits per heavy atom. The van der Waals surface area contributed by atoms with Gasteiger partial charge in [0.1, 0.15) is 6.10 Å². The Kier molecular flexibility index (Phi) is 5.02. The highest BCUT2D eigenvalue weighted by Crippen LogP contribution is 2.69. The number of esters is 1. The lowest BCUT2D eigenvalue weighted by molar-refractivity contribution is -0.347. The van der Waals surface area contributed by atoms with E-state index < -0.39 is 5.60 Å². The summed E-state index contributed by atoms with van der Waals surface area (Å²) in [6.45, 7) is 9.71. The molecule has 4 aliphatic rings. The Balaban J connectivity index is 1.65. The lowest BCUT2D eigenvalue weighted by atomic mass is 9.46. The standard InChI is InChI=1S/C24H36O5/c1-14-12-21-19-7-6-17-13-18(28-16(3)26)8-10-22(17,4)20(19)9-11-23(21,5)24(14,29-27)15(2)25/h6,14,18-21,27H,7-13H2,1-5H3/t14-,18+,19-,20-,21+,22+,23+,24+/m1/s1. The van der Waals surface area contributed by atoms with E-state index in [-0.39, 0.29) is 34.6 Å². The van der Waals surface area contributed by atoms with E-state index in [1.807, 2.05) is 0 Å². The Morgan fingerprint density at radius 3 is 2.48 bits per heavy atom. The fraction of sp³-hybridized carbons (Fsp3) is 0.833. The summed E-state index contributed by atoms with van der Waals surface area (Å²) in [5, 5.41) is 9.92. The number of carbonyl (C=O) groups is 2. The first-order chi connectivity index (χ1) is 13.6. The third-order valence-corrected chi connectivity index (χ3v) is 9.60. The van der Waals surface area contributed by atoms with Crippen molar-refractivity contribution < 1.29 is 24.5 Å². The maximum absolute atomic E-state index is 12.7. The fourth-order valence-corrected chi connectivity index (χ4v) is 8.30. The van der Waals surface area contributed by atoms with Crippen molar-refractivity contribution in [2.45, 2.75) is 91.3 Å². The van der Waals surface area contributed by atoms with Gasteiger partial charge in [0, 0.05) is 18.8 Å². The van der Waals surface area contributed by atoms with E-state index in [9.17, 15) is 14.8 Å². The topological polar surface area (TPSA) is 72.8 Å². The van der Waals surface area contributed by atoms with Crippen LogP contribution in [0, 0.1) is 34.5 Å². The molecule has 0 aromatic heterocycles. The zero-order valence-electron chi connectivity index (χ0n) is 18.5. The van der Waals surface area contributed by atoms with Gasteiger partial charge in [-0.25, -0.2) is 4.89 Å². The summed E-state index contributed by atoms with van der Waals surface area (Å²) in [5.41, 5.74) is 0.193. The molecule has 0 spiro atoms. The van der Waals surface area contributed by atoms with E-state index >= 15 is 0 Å². The van der Waals surface area contributed by atoms with Crippen LogP contribution in [-0.2, 0) is 19.2 Å². The second-order valence-corrected chi connectivity index (χ2v) is 10.7. The van der Waals surface area contributed by atoms with Gasteiger partial charge < -0.3 is 4.74 Å². The number of hydrogen-bond acceptors (Lipinski definition) is 5. The van der Waals surface area contributed by atoms with Gasteiger partial charge in [0.05, 0.1) is 0 Å². The maximum Gasteiger partial charge on any atom is 0.302 e. The Bertz CT molecular complexity index is 744. The molecule has 3 fully saturated rings. The average Bonchev–Trinajstić information content (AvgIpc) is 2.88. The molecule has 29 heavy (non-hydrogen) atoms. The summed E-state index contributed by atoms with van der Waals surface area (Å²) in [6, 6.07) is 0. The number of hydrogen-bond donors (Lipinski definition) is 1. The summed E-state index contributed by atoms with van der Waals surface area (Å²) >= 11 is 0. The van der Waals surface area contributed by atoms with E-state index in [2.05, 4.69) is 26.8 Å². The number of carbonyl (C=O) groups excluding carboxylic acids is 2. The van der Waals surface area contributed by atoms with Gasteiger partial charge in [-0.1, -0.05) is 32.4 Å². The van der Waals surface area contributed by atoms with Gasteiger partial charge in [-0.15, -0.1) is 0 Å². The number of fused-ring (bicyclic) bond motifs is 5. The molecule has 5 heteroatoms. The van der Waals surface area contributed by atoms with Crippen molar-refractivity contribution in [3.63, 3.8) is 0 Å². The molecular formula is C24H36O5. The molecule has 8 atom stereocenters. The number of ketones is 1. The molecule has 0 amide bonds. The van der Waals surface area contributed by atoms with Gasteiger partial charge in [-0.05, 0) is 74.5 Å². The predicted molar refractivity (Wildman–Crippen MR) is 109 cm³/mol. The largest absolute Gasteiger partial charge is 0.462 e. The molecule has 162 valence electrons. The monoisotopic (exact) mass is 404 g/mol. The molecule has 0 radical (unpaired) electrons. The first-order valence-corrected chi connectivity index (χ1v) is 11.3. The van der Waals surface area contributed by atoms with Crippen LogP contribution in [0.25, 0.3) is 0 Å². The van der Waals surface area contributed by atoms with Crippen molar-refractivity contribution in [3.8, 4) is 0 Å². The molecule has 0 saturated heterocycles. The van der Waals surface area contributed by atoms with Crippen LogP contribution in [0.1, 0.15) is 79.6 Å². The minimum absolute atomic E-state index is 0.0108. The maximum atomic E-state index is 12.7. The third kappa shape index (κ3) is 2.72. The molecule has 0 heterocycles. The lowest BCUT2D eigenvalue weighted by Gasteiger charge is -2.58. The smallest absolute Gasteiger partial charge is 0.302 e. The van der Waals surface area contributed by atoms with Crippen LogP contribution in [-0.4, -0.2) is 28.7 Å². The molecule has 0 aromatic carbocycles. The highest BCUT2D eigenvalue weighted by atomic mass is 17.1. The van der Waals surface area contributed by atoms with E-state index in [4.69, 9.17) is 9.62 Å². The van der Waals surface area contributed by atoms with Gasteiger partial charge in [0.2, 0.25) is 0 Å². The van der Waals surface area contributed by atoms with Crippen molar-refractivity contribution in [2.75, 3.05) is 0 Å². The molecule has 0 aromatic rings. The van der Waals surface area contributed by atoms with Crippen molar-refractivity contribution >= 4 is 11.8 Å². The van der Waals surface area contributed by atoms with Crippen molar-refractivity contribution in [1.82, 2.24) is 0 Å². The molecule has 0 unspecified atom stereocenters. The van der Waals surface area contributed by atoms with E-state index in [0.29, 0.717) is 17.8 Å². The average molecular weight is 405 g/mol. The molecule has 4 rings (SSSR count). The minimum Gasteiger partial charge on any atom is -0.462 e. The van der Waals surface area contributed by atoms with Gasteiger partial charge >= 0.3 is 5.97 Å². The number of allylic oxidation sites excluding steroid dienone is 1. The van der Waals surface area contributed by atoms with Gasteiger partial charge in [-0.2, -0.15) is 0 Å². The van der Waals surface area contributed by atoms with Crippen LogP contribution >= 0.6 is 0 Å². The molecule has 5 nitrogen and oxygen atoms in total. The van der Waals surface area contributed by atoms with Gasteiger partial charge in [0.25, 0.3) is 0 Å². The SMILES string of the molecule is CC(=O)O[C@H]1CC[C@@]2(C)C(=CC[C@@H]3[C@H]2CC[C@@]2(C)[C@H]3C[C@@H](C)[C@]2(OO)C(C)=O)C1. The molecule has 3 saturated carbocycles. The molecular weight excluding hydrogens is 368 g/mol. The van der Waals surface area contributed by atoms with Gasteiger partial charge in [-0.3, -0.25) is 14.8 Å². The second kappa shape index (κ2) is 6.91. The quantitative estimate of drug-likeness (QED) is 0.312. The molecule has 4 aliphatic carbocycles. The molecule has 1 N–H and O–H groups in total. The van der Waals surface area contributed by atoms with Crippen LogP contribution in [0.3, 0.4) is 0 Å². The van der Waals surface area contributed by atoms with Crippen LogP contribution in [0.15, 0.2) is 11.6 Å². The van der Waals surface area contributed by atoms with Crippen molar-refractivity contribution in [1.29, 1.82) is 0 Å². The van der Waals surface area contributed by atoms with Crippen LogP contribution in [0.5, 0.6) is 0 Å². The predicted octanol–water partition coefficient (Wildman–Crippen LogP) is 4.94. The Hall–Kier alpha value is -1.20. The Morgan fingerprint density at radius 2 is 1.86 bits per heavy atom. The van der Waals surface area contributed by atoms with Crippen LogP contribution in [0.2, 0.25) is 0 Å². The fourth-order valence-electron chi connectivity index (χ4n) is 8.30. The second-order valence-electron chi connectivity index (χ2n) is 10.7. The number of rotatable bonds is 3. The van der Waals surface area contributed by atoms with Gasteiger partial charge in [0.15, 0.2) is 11.4 Å². The lowest BCUT2D eigenvalue weighted by Crippen LogP contribution is -2.59. The van der Waals surface area contributed by atoms with Crippen molar-refractivity contribution in [3.05, 3.63) is 11.6 Å². The third-order valence-electron chi connectivity index (χ3n) is 9.60. The van der Waals surface area contributed by atoms with Crippen molar-refractivity contribution in [2.24, 2.45) is 34.5 Å². The van der Waals surface area contributed by atoms with Crippen LogP contribution in [0.4, 0.5) is 0 Å². The van der Waals surface area contributed by atoms with E-state index in [0.717, 1.165) is 44.9 Å². The first kappa shape index (κ1) is 21.0. The zero-order chi connectivity index (χ0) is 21.2. The minimum atomic E-state index is -1.08. The van der Waals surface area contributed by atoms with Crippen LogP contribution < -0.4 is 0 Å². The summed E-state index contributed by atoms with van der Waals surface area (Å²) in [5.74, 6) is 1.23. The normalized spacial score (nSPS) is 48.8. The summed E-state index contributed by atoms with van der Waals surface area (Å²) < 4.78 is 5.53. The number of Topliss-reactive ketones (excluding diaryl/α,β-unsaturated/α-hetero) is 1. The Labute approximate surface area is 174 Å².